The number of anilines is 1. The summed E-state index contributed by atoms with van der Waals surface area (Å²) in [4.78, 5) is 25.6. The molecule has 0 radical (unpaired) electrons. The Morgan fingerprint density at radius 1 is 1.03 bits per heavy atom. The van der Waals surface area contributed by atoms with E-state index in [-0.39, 0.29) is 29.8 Å². The van der Waals surface area contributed by atoms with Crippen molar-refractivity contribution in [3.05, 3.63) is 47.9 Å². The lowest BCUT2D eigenvalue weighted by molar-refractivity contribution is -0.137. The maximum Gasteiger partial charge on any atom is 0.243 e. The normalized spacial score (nSPS) is 20.9. The molecule has 1 unspecified atom stereocenters. The number of piperidine rings is 1. The van der Waals surface area contributed by atoms with Gasteiger partial charge in [-0.3, -0.25) is 9.78 Å². The van der Waals surface area contributed by atoms with Crippen LogP contribution < -0.4 is 4.90 Å². The van der Waals surface area contributed by atoms with Crippen LogP contribution in [0.2, 0.25) is 5.02 Å². The molecule has 1 amide bonds. The van der Waals surface area contributed by atoms with E-state index in [9.17, 15) is 13.2 Å². The van der Waals surface area contributed by atoms with Gasteiger partial charge >= 0.3 is 0 Å². The fourth-order valence-corrected chi connectivity index (χ4v) is 5.55. The molecule has 1 atom stereocenters. The number of hydrogen-bond acceptors (Lipinski definition) is 6. The Morgan fingerprint density at radius 3 is 2.43 bits per heavy atom. The number of piperazine rings is 1. The first-order valence-corrected chi connectivity index (χ1v) is 11.8. The number of aromatic nitrogens is 2. The molecule has 2 aliphatic heterocycles. The SMILES string of the molecule is O=C(C1CCCN(c2cnccn2)C1)N1CCN(S(=O)(=O)c2ccc(Cl)cc2)CC1. The summed E-state index contributed by atoms with van der Waals surface area (Å²) in [5, 5.41) is 0.493. The molecule has 2 aromatic rings. The van der Waals surface area contributed by atoms with Gasteiger partial charge < -0.3 is 9.80 Å². The molecule has 10 heteroatoms. The number of nitrogens with zero attached hydrogens (tertiary/aromatic N) is 5. The van der Waals surface area contributed by atoms with Gasteiger partial charge in [0.25, 0.3) is 0 Å². The lowest BCUT2D eigenvalue weighted by Crippen LogP contribution is -2.53. The zero-order chi connectivity index (χ0) is 21.1. The third kappa shape index (κ3) is 4.43. The molecule has 1 aromatic carbocycles. The molecule has 2 saturated heterocycles. The average molecular weight is 450 g/mol. The Hall–Kier alpha value is -2.23. The molecule has 2 fully saturated rings. The van der Waals surface area contributed by atoms with Crippen LogP contribution in [-0.2, 0) is 14.8 Å². The van der Waals surface area contributed by atoms with Crippen molar-refractivity contribution >= 4 is 33.3 Å². The van der Waals surface area contributed by atoms with Crippen molar-refractivity contribution in [1.82, 2.24) is 19.2 Å². The Labute approximate surface area is 181 Å². The first kappa shape index (κ1) is 21.0. The van der Waals surface area contributed by atoms with Gasteiger partial charge in [0.2, 0.25) is 15.9 Å². The van der Waals surface area contributed by atoms with Crippen molar-refractivity contribution in [3.8, 4) is 0 Å². The average Bonchev–Trinajstić information content (AvgIpc) is 2.79. The summed E-state index contributed by atoms with van der Waals surface area (Å²) in [7, 11) is -3.58. The first-order valence-electron chi connectivity index (χ1n) is 10.0. The highest BCUT2D eigenvalue weighted by atomic mass is 35.5. The Bertz CT molecular complexity index is 979. The molecule has 1 aromatic heterocycles. The van der Waals surface area contributed by atoms with E-state index in [0.717, 1.165) is 25.2 Å². The number of hydrogen-bond donors (Lipinski definition) is 0. The van der Waals surface area contributed by atoms with Gasteiger partial charge in [-0.05, 0) is 37.1 Å². The maximum atomic E-state index is 13.1. The minimum Gasteiger partial charge on any atom is -0.355 e. The summed E-state index contributed by atoms with van der Waals surface area (Å²) in [6.07, 6.45) is 6.75. The summed E-state index contributed by atoms with van der Waals surface area (Å²) in [6, 6.07) is 6.16. The molecule has 4 rings (SSSR count). The summed E-state index contributed by atoms with van der Waals surface area (Å²) in [6.45, 7) is 2.84. The van der Waals surface area contributed by atoms with Gasteiger partial charge in [-0.1, -0.05) is 11.6 Å². The van der Waals surface area contributed by atoms with Crippen LogP contribution in [0.15, 0.2) is 47.8 Å². The molecule has 0 saturated carbocycles. The largest absolute Gasteiger partial charge is 0.355 e. The topological polar surface area (TPSA) is 86.7 Å². The van der Waals surface area contributed by atoms with Gasteiger partial charge in [-0.25, -0.2) is 13.4 Å². The number of carbonyl (C=O) groups excluding carboxylic acids is 1. The molecule has 0 aliphatic carbocycles. The fraction of sp³-hybridized carbons (Fsp3) is 0.450. The predicted molar refractivity (Wildman–Crippen MR) is 114 cm³/mol. The second-order valence-electron chi connectivity index (χ2n) is 7.53. The monoisotopic (exact) mass is 449 g/mol. The first-order chi connectivity index (χ1) is 14.4. The van der Waals surface area contributed by atoms with Gasteiger partial charge in [0, 0.05) is 56.7 Å². The number of carbonyl (C=O) groups is 1. The van der Waals surface area contributed by atoms with Crippen molar-refractivity contribution in [2.45, 2.75) is 17.7 Å². The number of amides is 1. The highest BCUT2D eigenvalue weighted by molar-refractivity contribution is 7.89. The lowest BCUT2D eigenvalue weighted by Gasteiger charge is -2.38. The van der Waals surface area contributed by atoms with E-state index in [1.165, 1.54) is 16.4 Å². The molecule has 3 heterocycles. The highest BCUT2D eigenvalue weighted by Crippen LogP contribution is 2.24. The number of rotatable bonds is 4. The number of halogens is 1. The summed E-state index contributed by atoms with van der Waals surface area (Å²) in [5.74, 6) is 0.765. The quantitative estimate of drug-likeness (QED) is 0.708. The Kier molecular flexibility index (Phi) is 6.21. The van der Waals surface area contributed by atoms with Gasteiger partial charge in [0.15, 0.2) is 0 Å². The van der Waals surface area contributed by atoms with Crippen LogP contribution in [0, 0.1) is 5.92 Å². The molecule has 160 valence electrons. The summed E-state index contributed by atoms with van der Waals surface area (Å²) < 4.78 is 27.1. The van der Waals surface area contributed by atoms with E-state index in [2.05, 4.69) is 14.9 Å². The Morgan fingerprint density at radius 2 is 1.77 bits per heavy atom. The van der Waals surface area contributed by atoms with Crippen molar-refractivity contribution in [2.24, 2.45) is 5.92 Å². The van der Waals surface area contributed by atoms with Crippen LogP contribution in [0.3, 0.4) is 0 Å². The zero-order valence-corrected chi connectivity index (χ0v) is 18.1. The predicted octanol–water partition coefficient (Wildman–Crippen LogP) is 1.88. The Balaban J connectivity index is 1.36. The van der Waals surface area contributed by atoms with Gasteiger partial charge in [0.05, 0.1) is 17.0 Å². The highest BCUT2D eigenvalue weighted by Gasteiger charge is 2.34. The molecule has 0 bridgehead atoms. The fourth-order valence-electron chi connectivity index (χ4n) is 4.00. The smallest absolute Gasteiger partial charge is 0.243 e. The van der Waals surface area contributed by atoms with Crippen LogP contribution in [0.25, 0.3) is 0 Å². The van der Waals surface area contributed by atoms with Gasteiger partial charge in [-0.15, -0.1) is 0 Å². The minimum absolute atomic E-state index is 0.0899. The molecule has 8 nitrogen and oxygen atoms in total. The molecule has 2 aliphatic rings. The molecule has 30 heavy (non-hydrogen) atoms. The lowest BCUT2D eigenvalue weighted by atomic mass is 9.96. The van der Waals surface area contributed by atoms with Crippen molar-refractivity contribution in [3.63, 3.8) is 0 Å². The number of benzene rings is 1. The third-order valence-electron chi connectivity index (χ3n) is 5.65. The van der Waals surface area contributed by atoms with E-state index in [4.69, 9.17) is 11.6 Å². The molecular weight excluding hydrogens is 426 g/mol. The third-order valence-corrected chi connectivity index (χ3v) is 7.81. The van der Waals surface area contributed by atoms with Crippen molar-refractivity contribution in [1.29, 1.82) is 0 Å². The van der Waals surface area contributed by atoms with E-state index in [1.807, 2.05) is 0 Å². The van der Waals surface area contributed by atoms with Crippen molar-refractivity contribution in [2.75, 3.05) is 44.2 Å². The van der Waals surface area contributed by atoms with Crippen LogP contribution >= 0.6 is 11.6 Å². The van der Waals surface area contributed by atoms with E-state index in [0.29, 0.717) is 24.7 Å². The summed E-state index contributed by atoms with van der Waals surface area (Å²) >= 11 is 5.86. The zero-order valence-electron chi connectivity index (χ0n) is 16.5. The molecular formula is C20H24ClN5O3S. The maximum absolute atomic E-state index is 13.1. The van der Waals surface area contributed by atoms with Crippen LogP contribution in [0.1, 0.15) is 12.8 Å². The molecule has 0 N–H and O–H groups in total. The second-order valence-corrected chi connectivity index (χ2v) is 9.91. The van der Waals surface area contributed by atoms with Crippen LogP contribution in [-0.4, -0.2) is 72.8 Å². The van der Waals surface area contributed by atoms with Crippen LogP contribution in [0.4, 0.5) is 5.82 Å². The van der Waals surface area contributed by atoms with Gasteiger partial charge in [-0.2, -0.15) is 4.31 Å². The van der Waals surface area contributed by atoms with E-state index in [1.54, 1.807) is 35.6 Å². The number of sulfonamides is 1. The summed E-state index contributed by atoms with van der Waals surface area (Å²) in [5.41, 5.74) is 0. The van der Waals surface area contributed by atoms with E-state index < -0.39 is 10.0 Å². The second kappa shape index (κ2) is 8.87. The van der Waals surface area contributed by atoms with E-state index >= 15 is 0 Å². The standard InChI is InChI=1S/C20H24ClN5O3S/c21-17-3-5-18(6-4-17)30(28,29)26-12-10-24(11-13-26)20(27)16-2-1-9-25(15-16)19-14-22-7-8-23-19/h3-8,14,16H,1-2,9-13,15H2. The molecule has 0 spiro atoms. The van der Waals surface area contributed by atoms with Crippen LogP contribution in [0.5, 0.6) is 0 Å². The minimum atomic E-state index is -3.58. The van der Waals surface area contributed by atoms with Gasteiger partial charge in [0.1, 0.15) is 5.82 Å². The van der Waals surface area contributed by atoms with Crippen molar-refractivity contribution < 1.29 is 13.2 Å².